The number of likely N-dealkylation sites (N-methyl/N-ethyl adjacent to an activating group) is 3. The molecule has 2 rings (SSSR count). The van der Waals surface area contributed by atoms with Gasteiger partial charge >= 0.3 is 16.5 Å². The Morgan fingerprint density at radius 2 is 1.50 bits per heavy atom. The number of halogens is 1. The predicted molar refractivity (Wildman–Crippen MR) is 128 cm³/mol. The maximum Gasteiger partial charge on any atom is 2.00 e. The van der Waals surface area contributed by atoms with Crippen LogP contribution in [0.5, 0.6) is 5.75 Å². The standard InChI is InChI=1S/C13H10BrNOS.C9H23N3.Ni/c14-10-5-6-12(16)9(7-10)8-15-11-3-1-2-4-13(11)17;1-10(2)6-8-12(5)9-7-11(3)4;/h1-8,16-17H;6-9H2,1-5H3;/q;;+2/p-2. The SMILES string of the molecule is CN(C)CCN(C)CCN(C)C.[Ni+2].[O-]c1ccc(Br)cc1C=Nc1ccccc1[S-]. The Morgan fingerprint density at radius 3 is 2.03 bits per heavy atom. The molecule has 168 valence electrons. The molecule has 0 unspecified atom stereocenters. The van der Waals surface area contributed by atoms with Crippen LogP contribution in [-0.2, 0) is 29.1 Å². The Balaban J connectivity index is 0.000000579. The molecule has 0 saturated carbocycles. The summed E-state index contributed by atoms with van der Waals surface area (Å²) >= 11 is 8.44. The molecular formula is C22H31BrN4NiOS. The van der Waals surface area contributed by atoms with Crippen molar-refractivity contribution < 1.29 is 21.6 Å². The van der Waals surface area contributed by atoms with E-state index in [4.69, 9.17) is 12.6 Å². The summed E-state index contributed by atoms with van der Waals surface area (Å²) in [5.74, 6) is -0.0567. The summed E-state index contributed by atoms with van der Waals surface area (Å²) in [5.41, 5.74) is 1.24. The number of hydrogen-bond donors (Lipinski definition) is 0. The van der Waals surface area contributed by atoms with Gasteiger partial charge in [-0.3, -0.25) is 4.99 Å². The van der Waals surface area contributed by atoms with E-state index in [-0.39, 0.29) is 22.2 Å². The van der Waals surface area contributed by atoms with Gasteiger partial charge < -0.3 is 32.4 Å². The fourth-order valence-electron chi connectivity index (χ4n) is 2.18. The van der Waals surface area contributed by atoms with E-state index in [2.05, 4.69) is 70.9 Å². The molecule has 0 radical (unpaired) electrons. The fourth-order valence-corrected chi connectivity index (χ4v) is 2.75. The van der Waals surface area contributed by atoms with E-state index in [1.54, 1.807) is 18.2 Å². The van der Waals surface area contributed by atoms with Crippen LogP contribution in [0.4, 0.5) is 5.69 Å². The zero-order valence-corrected chi connectivity index (χ0v) is 21.6. The second-order valence-electron chi connectivity index (χ2n) is 7.32. The van der Waals surface area contributed by atoms with Gasteiger partial charge in [0.1, 0.15) is 0 Å². The summed E-state index contributed by atoms with van der Waals surface area (Å²) in [6, 6.07) is 12.3. The van der Waals surface area contributed by atoms with E-state index >= 15 is 0 Å². The smallest absolute Gasteiger partial charge is 0.872 e. The summed E-state index contributed by atoms with van der Waals surface area (Å²) < 4.78 is 0.852. The van der Waals surface area contributed by atoms with Crippen molar-refractivity contribution in [3.63, 3.8) is 0 Å². The molecule has 0 saturated heterocycles. The van der Waals surface area contributed by atoms with Gasteiger partial charge in [-0.2, -0.15) is 0 Å². The third-order valence-electron chi connectivity index (χ3n) is 4.04. The van der Waals surface area contributed by atoms with Gasteiger partial charge in [0.15, 0.2) is 0 Å². The van der Waals surface area contributed by atoms with E-state index < -0.39 is 0 Å². The molecule has 5 nitrogen and oxygen atoms in total. The van der Waals surface area contributed by atoms with Crippen LogP contribution in [0, 0.1) is 0 Å². The van der Waals surface area contributed by atoms with Crippen molar-refractivity contribution in [1.29, 1.82) is 0 Å². The van der Waals surface area contributed by atoms with Crippen molar-refractivity contribution >= 4 is 40.5 Å². The first kappa shape index (κ1) is 29.0. The van der Waals surface area contributed by atoms with Crippen molar-refractivity contribution in [3.05, 3.63) is 52.5 Å². The molecule has 0 amide bonds. The first-order valence-electron chi connectivity index (χ1n) is 9.43. The molecule has 0 N–H and O–H groups in total. The third-order valence-corrected chi connectivity index (χ3v) is 4.88. The van der Waals surface area contributed by atoms with Gasteiger partial charge in [-0.1, -0.05) is 45.9 Å². The minimum absolute atomic E-state index is 0. The molecule has 2 aromatic rings. The average Bonchev–Trinajstić information content (AvgIpc) is 2.67. The molecule has 0 aliphatic carbocycles. The zero-order valence-electron chi connectivity index (χ0n) is 18.2. The molecule has 0 aliphatic heterocycles. The molecule has 0 fully saturated rings. The summed E-state index contributed by atoms with van der Waals surface area (Å²) in [6.07, 6.45) is 1.54. The monoisotopic (exact) mass is 536 g/mol. The Bertz CT molecular complexity index is 763. The molecule has 2 aromatic carbocycles. The van der Waals surface area contributed by atoms with Crippen molar-refractivity contribution in [3.8, 4) is 5.75 Å². The van der Waals surface area contributed by atoms with Crippen LogP contribution in [-0.4, -0.2) is 82.3 Å². The Morgan fingerprint density at radius 1 is 0.933 bits per heavy atom. The second-order valence-corrected chi connectivity index (χ2v) is 8.67. The minimum Gasteiger partial charge on any atom is -0.872 e. The maximum absolute atomic E-state index is 11.5. The van der Waals surface area contributed by atoms with Gasteiger partial charge in [0.05, 0.1) is 0 Å². The summed E-state index contributed by atoms with van der Waals surface area (Å²) in [6.45, 7) is 4.59. The van der Waals surface area contributed by atoms with Crippen LogP contribution in [0.15, 0.2) is 56.8 Å². The second kappa shape index (κ2) is 15.7. The average molecular weight is 538 g/mol. The molecule has 8 heteroatoms. The van der Waals surface area contributed by atoms with Crippen molar-refractivity contribution in [1.82, 2.24) is 14.7 Å². The van der Waals surface area contributed by atoms with Crippen LogP contribution >= 0.6 is 15.9 Å². The zero-order chi connectivity index (χ0) is 21.8. The van der Waals surface area contributed by atoms with Crippen LogP contribution in [0.2, 0.25) is 0 Å². The third kappa shape index (κ3) is 12.6. The Hall–Kier alpha value is -1.02. The number of para-hydroxylation sites is 1. The number of rotatable bonds is 8. The van der Waals surface area contributed by atoms with Gasteiger partial charge in [-0.15, -0.1) is 4.90 Å². The maximum atomic E-state index is 11.5. The van der Waals surface area contributed by atoms with Crippen LogP contribution in [0.25, 0.3) is 0 Å². The first-order chi connectivity index (χ1) is 13.7. The normalized spacial score (nSPS) is 11.0. The molecule has 0 aliphatic rings. The molecule has 0 aromatic heterocycles. The van der Waals surface area contributed by atoms with Crippen molar-refractivity contribution in [2.45, 2.75) is 4.90 Å². The molecule has 0 heterocycles. The number of aliphatic imine (C=N–C) groups is 1. The van der Waals surface area contributed by atoms with E-state index in [0.717, 1.165) is 30.7 Å². The fraction of sp³-hybridized carbons (Fsp3) is 0.409. The molecule has 0 spiro atoms. The van der Waals surface area contributed by atoms with E-state index in [1.165, 1.54) is 12.3 Å². The Labute approximate surface area is 205 Å². The van der Waals surface area contributed by atoms with Crippen molar-refractivity contribution in [2.75, 3.05) is 61.4 Å². The largest absolute Gasteiger partial charge is 2.00 e. The van der Waals surface area contributed by atoms with Gasteiger partial charge in [-0.25, -0.2) is 0 Å². The van der Waals surface area contributed by atoms with E-state index in [1.807, 2.05) is 18.2 Å². The van der Waals surface area contributed by atoms with Crippen molar-refractivity contribution in [2.24, 2.45) is 4.99 Å². The first-order valence-corrected chi connectivity index (χ1v) is 10.6. The van der Waals surface area contributed by atoms with Crippen LogP contribution < -0.4 is 5.11 Å². The van der Waals surface area contributed by atoms with Crippen LogP contribution in [0.1, 0.15) is 5.56 Å². The summed E-state index contributed by atoms with van der Waals surface area (Å²) in [4.78, 5) is 11.7. The molecule has 0 bridgehead atoms. The predicted octanol–water partition coefficient (Wildman–Crippen LogP) is 3.22. The van der Waals surface area contributed by atoms with Crippen LogP contribution in [0.3, 0.4) is 0 Å². The summed E-state index contributed by atoms with van der Waals surface area (Å²) in [7, 11) is 10.6. The van der Waals surface area contributed by atoms with Gasteiger partial charge in [0.25, 0.3) is 0 Å². The van der Waals surface area contributed by atoms with Gasteiger partial charge in [0, 0.05) is 42.6 Å². The quantitative estimate of drug-likeness (QED) is 0.294. The number of benzene rings is 2. The summed E-state index contributed by atoms with van der Waals surface area (Å²) in [5, 5.41) is 11.5. The van der Waals surface area contributed by atoms with E-state index in [0.29, 0.717) is 16.1 Å². The number of hydrogen-bond acceptors (Lipinski definition) is 6. The molecular weight excluding hydrogens is 507 g/mol. The topological polar surface area (TPSA) is 45.1 Å². The van der Waals surface area contributed by atoms with E-state index in [9.17, 15) is 5.11 Å². The van der Waals surface area contributed by atoms with Gasteiger partial charge in [-0.05, 0) is 59.0 Å². The van der Waals surface area contributed by atoms with Gasteiger partial charge in [0.2, 0.25) is 0 Å². The molecule has 0 atom stereocenters. The minimum atomic E-state index is -0.0567. The number of nitrogens with zero attached hydrogens (tertiary/aromatic N) is 4. The molecule has 30 heavy (non-hydrogen) atoms. The Kier molecular flexibility index (Phi) is 15.2.